The van der Waals surface area contributed by atoms with Crippen LogP contribution in [0.1, 0.15) is 52.4 Å². The van der Waals surface area contributed by atoms with Crippen LogP contribution in [-0.4, -0.2) is 30.7 Å². The number of nitrogens with zero attached hydrogens (tertiary/aromatic N) is 1. The smallest absolute Gasteiger partial charge is 0.295 e. The van der Waals surface area contributed by atoms with E-state index in [1.165, 1.54) is 17.7 Å². The van der Waals surface area contributed by atoms with E-state index in [0.717, 1.165) is 30.4 Å². The third kappa shape index (κ3) is 10.1. The number of hydrogen-bond acceptors (Lipinski definition) is 1. The summed E-state index contributed by atoms with van der Waals surface area (Å²) in [6.07, 6.45) is 1.74. The first-order valence-electron chi connectivity index (χ1n) is 7.45. The van der Waals surface area contributed by atoms with Gasteiger partial charge in [-0.3, -0.25) is 4.90 Å². The Labute approximate surface area is 121 Å². The zero-order chi connectivity index (χ0) is 15.6. The molecule has 0 bridgehead atoms. The van der Waals surface area contributed by atoms with Gasteiger partial charge in [-0.2, -0.15) is 13.2 Å². The lowest BCUT2D eigenvalue weighted by Crippen LogP contribution is -2.34. The molecular formula is C16H28F3N. The second-order valence-corrected chi connectivity index (χ2v) is 5.25. The third-order valence-corrected chi connectivity index (χ3v) is 3.39. The monoisotopic (exact) mass is 291 g/mol. The summed E-state index contributed by atoms with van der Waals surface area (Å²) >= 11 is 0. The Balaban J connectivity index is 3.91. The summed E-state index contributed by atoms with van der Waals surface area (Å²) in [4.78, 5) is 1.42. The van der Waals surface area contributed by atoms with Crippen molar-refractivity contribution in [1.29, 1.82) is 0 Å². The summed E-state index contributed by atoms with van der Waals surface area (Å²) in [6, 6.07) is 0. The van der Waals surface area contributed by atoms with Crippen LogP contribution in [0.4, 0.5) is 13.2 Å². The van der Waals surface area contributed by atoms with Gasteiger partial charge >= 0.3 is 6.18 Å². The van der Waals surface area contributed by atoms with Gasteiger partial charge < -0.3 is 0 Å². The number of hydrogen-bond donors (Lipinski definition) is 0. The van der Waals surface area contributed by atoms with Gasteiger partial charge in [0.15, 0.2) is 0 Å². The second kappa shape index (κ2) is 10.0. The van der Waals surface area contributed by atoms with Crippen LogP contribution >= 0.6 is 0 Å². The van der Waals surface area contributed by atoms with E-state index in [1.807, 2.05) is 0 Å². The van der Waals surface area contributed by atoms with Crippen LogP contribution in [0.25, 0.3) is 0 Å². The summed E-state index contributed by atoms with van der Waals surface area (Å²) in [5.41, 5.74) is 2.04. The standard InChI is InChI=1S/C16H28F3N/c1-5-7-8-10-14(3)15(4)11-9-12-20(6-2)13-16(17,18)19/h3-13H2,1-2H3. The Hall–Kier alpha value is -0.770. The molecule has 0 aliphatic rings. The maximum Gasteiger partial charge on any atom is 0.401 e. The molecule has 0 aromatic heterocycles. The quantitative estimate of drug-likeness (QED) is 0.367. The summed E-state index contributed by atoms with van der Waals surface area (Å²) in [5.74, 6) is 0. The van der Waals surface area contributed by atoms with E-state index in [1.54, 1.807) is 6.92 Å². The minimum atomic E-state index is -4.11. The fraction of sp³-hybridized carbons (Fsp3) is 0.750. The van der Waals surface area contributed by atoms with Crippen LogP contribution < -0.4 is 0 Å². The highest BCUT2D eigenvalue weighted by molar-refractivity contribution is 5.24. The van der Waals surface area contributed by atoms with E-state index in [2.05, 4.69) is 20.1 Å². The largest absolute Gasteiger partial charge is 0.401 e. The van der Waals surface area contributed by atoms with Crippen molar-refractivity contribution in [1.82, 2.24) is 4.90 Å². The molecule has 0 amide bonds. The first kappa shape index (κ1) is 19.2. The van der Waals surface area contributed by atoms with E-state index >= 15 is 0 Å². The van der Waals surface area contributed by atoms with Crippen molar-refractivity contribution in [2.75, 3.05) is 19.6 Å². The van der Waals surface area contributed by atoms with Crippen LogP contribution in [0.3, 0.4) is 0 Å². The van der Waals surface area contributed by atoms with Crippen LogP contribution in [0.5, 0.6) is 0 Å². The van der Waals surface area contributed by atoms with E-state index in [4.69, 9.17) is 0 Å². The van der Waals surface area contributed by atoms with Crippen molar-refractivity contribution in [3.8, 4) is 0 Å². The van der Waals surface area contributed by atoms with Crippen LogP contribution in [0, 0.1) is 0 Å². The van der Waals surface area contributed by atoms with E-state index < -0.39 is 12.7 Å². The molecule has 0 fully saturated rings. The summed E-state index contributed by atoms with van der Waals surface area (Å²) in [5, 5.41) is 0. The molecule has 0 aromatic carbocycles. The molecule has 0 saturated carbocycles. The lowest BCUT2D eigenvalue weighted by atomic mass is 9.99. The minimum absolute atomic E-state index is 0.420. The number of rotatable bonds is 11. The van der Waals surface area contributed by atoms with Gasteiger partial charge in [0.05, 0.1) is 6.54 Å². The van der Waals surface area contributed by atoms with Crippen molar-refractivity contribution in [2.24, 2.45) is 0 Å². The molecule has 20 heavy (non-hydrogen) atoms. The van der Waals surface area contributed by atoms with Gasteiger partial charge in [0.25, 0.3) is 0 Å². The highest BCUT2D eigenvalue weighted by Crippen LogP contribution is 2.20. The summed E-state index contributed by atoms with van der Waals surface area (Å²) < 4.78 is 36.9. The number of unbranched alkanes of at least 4 members (excludes halogenated alkanes) is 2. The Morgan fingerprint density at radius 3 is 1.95 bits per heavy atom. The Morgan fingerprint density at radius 2 is 1.50 bits per heavy atom. The van der Waals surface area contributed by atoms with Gasteiger partial charge in [-0.25, -0.2) is 0 Å². The van der Waals surface area contributed by atoms with Crippen molar-refractivity contribution in [3.05, 3.63) is 24.3 Å². The molecule has 118 valence electrons. The number of alkyl halides is 3. The predicted octanol–water partition coefficient (Wildman–Crippen LogP) is 5.34. The molecule has 0 aromatic rings. The molecule has 4 heteroatoms. The predicted molar refractivity (Wildman–Crippen MR) is 79.8 cm³/mol. The van der Waals surface area contributed by atoms with Crippen molar-refractivity contribution in [3.63, 3.8) is 0 Å². The average molecular weight is 291 g/mol. The molecule has 0 aliphatic heterocycles. The second-order valence-electron chi connectivity index (χ2n) is 5.25. The molecule has 0 aliphatic carbocycles. The lowest BCUT2D eigenvalue weighted by Gasteiger charge is -2.22. The molecule has 0 radical (unpaired) electrons. The van der Waals surface area contributed by atoms with E-state index in [-0.39, 0.29) is 0 Å². The topological polar surface area (TPSA) is 3.24 Å². The van der Waals surface area contributed by atoms with E-state index in [9.17, 15) is 13.2 Å². The summed E-state index contributed by atoms with van der Waals surface area (Å²) in [7, 11) is 0. The molecule has 0 saturated heterocycles. The SMILES string of the molecule is C=C(CCCCC)C(=C)CCCN(CC)CC(F)(F)F. The Bertz CT molecular complexity index is 295. The zero-order valence-corrected chi connectivity index (χ0v) is 12.9. The van der Waals surface area contributed by atoms with Gasteiger partial charge in [-0.05, 0) is 38.8 Å². The van der Waals surface area contributed by atoms with Crippen molar-refractivity contribution >= 4 is 0 Å². The van der Waals surface area contributed by atoms with Gasteiger partial charge in [-0.15, -0.1) is 0 Å². The number of halogens is 3. The molecule has 0 N–H and O–H groups in total. The fourth-order valence-corrected chi connectivity index (χ4v) is 2.06. The normalized spacial score (nSPS) is 11.9. The maximum atomic E-state index is 12.3. The third-order valence-electron chi connectivity index (χ3n) is 3.39. The van der Waals surface area contributed by atoms with Crippen LogP contribution in [-0.2, 0) is 0 Å². The van der Waals surface area contributed by atoms with Crippen LogP contribution in [0.15, 0.2) is 24.3 Å². The van der Waals surface area contributed by atoms with Gasteiger partial charge in [-0.1, -0.05) is 51.0 Å². The number of allylic oxidation sites excluding steroid dienone is 2. The van der Waals surface area contributed by atoms with E-state index in [0.29, 0.717) is 19.5 Å². The Kier molecular flexibility index (Phi) is 9.64. The highest BCUT2D eigenvalue weighted by Gasteiger charge is 2.29. The van der Waals surface area contributed by atoms with Gasteiger partial charge in [0.1, 0.15) is 0 Å². The minimum Gasteiger partial charge on any atom is -0.295 e. The average Bonchev–Trinajstić information content (AvgIpc) is 2.36. The van der Waals surface area contributed by atoms with Crippen molar-refractivity contribution in [2.45, 2.75) is 58.5 Å². The first-order valence-corrected chi connectivity index (χ1v) is 7.45. The zero-order valence-electron chi connectivity index (χ0n) is 12.9. The molecule has 0 spiro atoms. The Morgan fingerprint density at radius 1 is 0.950 bits per heavy atom. The molecular weight excluding hydrogens is 263 g/mol. The highest BCUT2D eigenvalue weighted by atomic mass is 19.4. The molecule has 0 unspecified atom stereocenters. The molecule has 0 rings (SSSR count). The molecule has 0 heterocycles. The van der Waals surface area contributed by atoms with Crippen molar-refractivity contribution < 1.29 is 13.2 Å². The lowest BCUT2D eigenvalue weighted by molar-refractivity contribution is -0.145. The first-order chi connectivity index (χ1) is 9.30. The van der Waals surface area contributed by atoms with Crippen LogP contribution in [0.2, 0.25) is 0 Å². The molecule has 1 nitrogen and oxygen atoms in total. The van der Waals surface area contributed by atoms with Gasteiger partial charge in [0.2, 0.25) is 0 Å². The molecule has 0 atom stereocenters. The summed E-state index contributed by atoms with van der Waals surface area (Å²) in [6.45, 7) is 12.0. The van der Waals surface area contributed by atoms with Gasteiger partial charge in [0, 0.05) is 0 Å². The fourth-order valence-electron chi connectivity index (χ4n) is 2.06. The maximum absolute atomic E-state index is 12.3.